The van der Waals surface area contributed by atoms with E-state index in [9.17, 15) is 4.79 Å². The van der Waals surface area contributed by atoms with Crippen molar-refractivity contribution >= 4 is 22.5 Å². The number of rotatable bonds is 6. The second kappa shape index (κ2) is 7.01. The van der Waals surface area contributed by atoms with Gasteiger partial charge in [0.05, 0.1) is 12.9 Å². The van der Waals surface area contributed by atoms with E-state index in [0.29, 0.717) is 17.5 Å². The van der Waals surface area contributed by atoms with Gasteiger partial charge < -0.3 is 14.5 Å². The van der Waals surface area contributed by atoms with Crippen LogP contribution in [-0.2, 0) is 11.2 Å². The standard InChI is InChI=1S/C12H16N4O3S/c1-3-10-15-16-12(20-10)14-11(17)13-8(7-18-2)9-5-4-6-19-9/h4-6,8H,3,7H2,1-2H3,(H2,13,14,16,17)/t8-/m1/s1. The number of aryl methyl sites for hydroxylation is 1. The molecule has 2 aromatic rings. The fraction of sp³-hybridized carbons (Fsp3) is 0.417. The maximum absolute atomic E-state index is 11.9. The van der Waals surface area contributed by atoms with Crippen LogP contribution in [0, 0.1) is 0 Å². The molecule has 20 heavy (non-hydrogen) atoms. The summed E-state index contributed by atoms with van der Waals surface area (Å²) < 4.78 is 10.3. The predicted octanol–water partition coefficient (Wildman–Crippen LogP) is 2.20. The van der Waals surface area contributed by atoms with E-state index in [1.54, 1.807) is 25.5 Å². The molecule has 8 heteroatoms. The normalized spacial score (nSPS) is 12.1. The molecule has 2 heterocycles. The number of furan rings is 1. The summed E-state index contributed by atoms with van der Waals surface area (Å²) in [6, 6.07) is 2.82. The Morgan fingerprint density at radius 2 is 2.40 bits per heavy atom. The van der Waals surface area contributed by atoms with E-state index in [-0.39, 0.29) is 12.1 Å². The molecule has 0 aliphatic carbocycles. The quantitative estimate of drug-likeness (QED) is 0.853. The molecule has 0 aliphatic heterocycles. The fourth-order valence-corrected chi connectivity index (χ4v) is 2.26. The van der Waals surface area contributed by atoms with E-state index in [1.165, 1.54) is 11.3 Å². The highest BCUT2D eigenvalue weighted by Gasteiger charge is 2.17. The zero-order valence-corrected chi connectivity index (χ0v) is 12.1. The number of amides is 2. The van der Waals surface area contributed by atoms with E-state index in [2.05, 4.69) is 20.8 Å². The van der Waals surface area contributed by atoms with E-state index in [1.807, 2.05) is 6.92 Å². The molecule has 108 valence electrons. The lowest BCUT2D eigenvalue weighted by Crippen LogP contribution is -2.34. The molecule has 0 bridgehead atoms. The molecule has 0 saturated carbocycles. The van der Waals surface area contributed by atoms with Gasteiger partial charge in [-0.2, -0.15) is 0 Å². The van der Waals surface area contributed by atoms with Gasteiger partial charge in [0.2, 0.25) is 5.13 Å². The van der Waals surface area contributed by atoms with Crippen molar-refractivity contribution in [1.29, 1.82) is 0 Å². The highest BCUT2D eigenvalue weighted by atomic mass is 32.1. The van der Waals surface area contributed by atoms with Crippen molar-refractivity contribution in [3.05, 3.63) is 29.2 Å². The third-order valence-corrected chi connectivity index (χ3v) is 3.50. The van der Waals surface area contributed by atoms with Crippen molar-refractivity contribution in [2.45, 2.75) is 19.4 Å². The van der Waals surface area contributed by atoms with Crippen LogP contribution >= 0.6 is 11.3 Å². The Bertz CT molecular complexity index is 541. The van der Waals surface area contributed by atoms with Crippen LogP contribution < -0.4 is 10.6 Å². The molecule has 2 N–H and O–H groups in total. The first-order valence-corrected chi connectivity index (χ1v) is 6.96. The Hall–Kier alpha value is -1.93. The lowest BCUT2D eigenvalue weighted by molar-refractivity contribution is 0.159. The summed E-state index contributed by atoms with van der Waals surface area (Å²) in [6.45, 7) is 2.30. The highest BCUT2D eigenvalue weighted by molar-refractivity contribution is 7.15. The summed E-state index contributed by atoms with van der Waals surface area (Å²) >= 11 is 1.35. The molecule has 0 aromatic carbocycles. The number of carbonyl (C=O) groups is 1. The van der Waals surface area contributed by atoms with Crippen molar-refractivity contribution in [3.8, 4) is 0 Å². The highest BCUT2D eigenvalue weighted by Crippen LogP contribution is 2.17. The van der Waals surface area contributed by atoms with Crippen molar-refractivity contribution in [2.75, 3.05) is 19.0 Å². The number of anilines is 1. The van der Waals surface area contributed by atoms with Crippen LogP contribution in [0.3, 0.4) is 0 Å². The van der Waals surface area contributed by atoms with Gasteiger partial charge in [0.25, 0.3) is 0 Å². The summed E-state index contributed by atoms with van der Waals surface area (Å²) in [4.78, 5) is 11.9. The van der Waals surface area contributed by atoms with Gasteiger partial charge in [-0.25, -0.2) is 4.79 Å². The van der Waals surface area contributed by atoms with E-state index < -0.39 is 0 Å². The van der Waals surface area contributed by atoms with Crippen LogP contribution in [-0.4, -0.2) is 29.9 Å². The largest absolute Gasteiger partial charge is 0.467 e. The molecule has 1 atom stereocenters. The van der Waals surface area contributed by atoms with Crippen LogP contribution in [0.25, 0.3) is 0 Å². The minimum Gasteiger partial charge on any atom is -0.467 e. The second-order valence-corrected chi connectivity index (χ2v) is 5.04. The smallest absolute Gasteiger partial charge is 0.321 e. The van der Waals surface area contributed by atoms with E-state index >= 15 is 0 Å². The lowest BCUT2D eigenvalue weighted by atomic mass is 10.2. The minimum atomic E-state index is -0.373. The molecule has 0 saturated heterocycles. The van der Waals surface area contributed by atoms with E-state index in [4.69, 9.17) is 9.15 Å². The number of ether oxygens (including phenoxy) is 1. The van der Waals surface area contributed by atoms with Crippen LogP contribution in [0.4, 0.5) is 9.93 Å². The zero-order valence-electron chi connectivity index (χ0n) is 11.3. The summed E-state index contributed by atoms with van der Waals surface area (Å²) in [6.07, 6.45) is 2.34. The molecule has 0 radical (unpaired) electrons. The first-order valence-electron chi connectivity index (χ1n) is 6.15. The summed E-state index contributed by atoms with van der Waals surface area (Å²) in [7, 11) is 1.56. The van der Waals surface area contributed by atoms with Crippen LogP contribution in [0.1, 0.15) is 23.7 Å². The van der Waals surface area contributed by atoms with Gasteiger partial charge in [-0.3, -0.25) is 5.32 Å². The van der Waals surface area contributed by atoms with Crippen LogP contribution in [0.15, 0.2) is 22.8 Å². The number of hydrogen-bond donors (Lipinski definition) is 2. The maximum atomic E-state index is 11.9. The number of aromatic nitrogens is 2. The third kappa shape index (κ3) is 3.78. The van der Waals surface area contributed by atoms with Crippen molar-refractivity contribution in [1.82, 2.24) is 15.5 Å². The maximum Gasteiger partial charge on any atom is 0.321 e. The number of nitrogens with zero attached hydrogens (tertiary/aromatic N) is 2. The molecule has 0 unspecified atom stereocenters. The molecule has 2 rings (SSSR count). The van der Waals surface area contributed by atoms with Gasteiger partial charge in [0, 0.05) is 7.11 Å². The van der Waals surface area contributed by atoms with Crippen molar-refractivity contribution in [2.24, 2.45) is 0 Å². The third-order valence-electron chi connectivity index (χ3n) is 2.52. The first kappa shape index (κ1) is 14.5. The van der Waals surface area contributed by atoms with Gasteiger partial charge in [0.15, 0.2) is 0 Å². The van der Waals surface area contributed by atoms with Gasteiger partial charge >= 0.3 is 6.03 Å². The SMILES string of the molecule is CCc1nnc(NC(=O)N[C@H](COC)c2ccco2)s1. The predicted molar refractivity (Wildman–Crippen MR) is 74.8 cm³/mol. The number of nitrogens with one attached hydrogen (secondary N) is 2. The Morgan fingerprint density at radius 3 is 3.00 bits per heavy atom. The first-order chi connectivity index (χ1) is 9.72. The summed E-state index contributed by atoms with van der Waals surface area (Å²) in [5.74, 6) is 0.633. The molecule has 2 aromatic heterocycles. The molecular weight excluding hydrogens is 280 g/mol. The molecular formula is C12H16N4O3S. The van der Waals surface area contributed by atoms with Crippen LogP contribution in [0.5, 0.6) is 0 Å². The van der Waals surface area contributed by atoms with Gasteiger partial charge in [0.1, 0.15) is 16.8 Å². The second-order valence-electron chi connectivity index (χ2n) is 3.98. The average Bonchev–Trinajstić information content (AvgIpc) is 3.09. The topological polar surface area (TPSA) is 89.3 Å². The Balaban J connectivity index is 1.94. The van der Waals surface area contributed by atoms with Gasteiger partial charge in [-0.1, -0.05) is 18.3 Å². The van der Waals surface area contributed by atoms with Crippen molar-refractivity contribution in [3.63, 3.8) is 0 Å². The average molecular weight is 296 g/mol. The summed E-state index contributed by atoms with van der Waals surface area (Å²) in [5, 5.41) is 14.6. The number of urea groups is 1. The number of hydrogen-bond acceptors (Lipinski definition) is 6. The summed E-state index contributed by atoms with van der Waals surface area (Å²) in [5.41, 5.74) is 0. The molecule has 7 nitrogen and oxygen atoms in total. The Kier molecular flexibility index (Phi) is 5.08. The monoisotopic (exact) mass is 296 g/mol. The molecule has 2 amide bonds. The van der Waals surface area contributed by atoms with Crippen LogP contribution in [0.2, 0.25) is 0 Å². The van der Waals surface area contributed by atoms with Gasteiger partial charge in [-0.05, 0) is 18.6 Å². The minimum absolute atomic E-state index is 0.317. The lowest BCUT2D eigenvalue weighted by Gasteiger charge is -2.15. The van der Waals surface area contributed by atoms with Gasteiger partial charge in [-0.15, -0.1) is 10.2 Å². The molecule has 0 spiro atoms. The molecule has 0 aliphatic rings. The fourth-order valence-electron chi connectivity index (χ4n) is 1.59. The zero-order chi connectivity index (χ0) is 14.4. The number of carbonyl (C=O) groups excluding carboxylic acids is 1. The Morgan fingerprint density at radius 1 is 1.55 bits per heavy atom. The number of methoxy groups -OCH3 is 1. The molecule has 0 fully saturated rings. The van der Waals surface area contributed by atoms with Crippen molar-refractivity contribution < 1.29 is 13.9 Å². The van der Waals surface area contributed by atoms with E-state index in [0.717, 1.165) is 11.4 Å². The Labute approximate surface area is 120 Å².